The minimum absolute atomic E-state index is 0.406. The number of hydrogen-bond acceptors (Lipinski definition) is 5. The van der Waals surface area contributed by atoms with E-state index < -0.39 is 0 Å². The molecule has 0 spiro atoms. The molecule has 8 nitrogen and oxygen atoms in total. The van der Waals surface area contributed by atoms with Crippen molar-refractivity contribution < 1.29 is 0 Å². The molecule has 5 heterocycles. The third kappa shape index (κ3) is 3.77. The molecule has 0 unspecified atom stereocenters. The number of nitrogens with one attached hydrogen (secondary N) is 1. The topological polar surface area (TPSA) is 79.9 Å². The van der Waals surface area contributed by atoms with Crippen LogP contribution >= 0.6 is 0 Å². The number of aromatic nitrogens is 7. The number of pyridine rings is 1. The molecule has 8 heteroatoms. The van der Waals surface area contributed by atoms with Crippen molar-refractivity contribution in [1.82, 2.24) is 39.2 Å². The van der Waals surface area contributed by atoms with Gasteiger partial charge in [0.25, 0.3) is 0 Å². The molecule has 0 radical (unpaired) electrons. The number of H-pyrrole nitrogens is 1. The first-order chi connectivity index (χ1) is 16.5. The number of hydrogen-bond donors (Lipinski definition) is 1. The molecule has 0 aliphatic carbocycles. The van der Waals surface area contributed by atoms with Crippen LogP contribution in [0.2, 0.25) is 0 Å². The van der Waals surface area contributed by atoms with Gasteiger partial charge in [-0.15, -0.1) is 10.2 Å². The van der Waals surface area contributed by atoms with E-state index in [4.69, 9.17) is 0 Å². The zero-order valence-electron chi connectivity index (χ0n) is 19.9. The van der Waals surface area contributed by atoms with Crippen LogP contribution in [0.5, 0.6) is 0 Å². The Balaban J connectivity index is 1.27. The molecule has 1 saturated heterocycles. The smallest absolute Gasteiger partial charge is 0.164 e. The van der Waals surface area contributed by atoms with E-state index >= 15 is 0 Å². The Labute approximate surface area is 198 Å². The third-order valence-corrected chi connectivity index (χ3v) is 7.09. The predicted molar refractivity (Wildman–Crippen MR) is 133 cm³/mol. The van der Waals surface area contributed by atoms with Crippen LogP contribution in [0.4, 0.5) is 0 Å². The summed E-state index contributed by atoms with van der Waals surface area (Å²) in [5, 5.41) is 13.9. The minimum atomic E-state index is 0.406. The van der Waals surface area contributed by atoms with Crippen molar-refractivity contribution in [2.75, 3.05) is 13.1 Å². The molecule has 1 fully saturated rings. The first-order valence-corrected chi connectivity index (χ1v) is 12.1. The Morgan fingerprint density at radius 2 is 1.94 bits per heavy atom. The fourth-order valence-corrected chi connectivity index (χ4v) is 5.37. The van der Waals surface area contributed by atoms with Gasteiger partial charge in [-0.1, -0.05) is 19.9 Å². The van der Waals surface area contributed by atoms with Crippen LogP contribution in [0.3, 0.4) is 0 Å². The van der Waals surface area contributed by atoms with E-state index in [0.717, 1.165) is 49.5 Å². The second kappa shape index (κ2) is 8.36. The lowest BCUT2D eigenvalue weighted by Gasteiger charge is -2.31. The van der Waals surface area contributed by atoms with Crippen molar-refractivity contribution in [3.63, 3.8) is 0 Å². The van der Waals surface area contributed by atoms with E-state index in [1.165, 1.54) is 27.7 Å². The van der Waals surface area contributed by atoms with Crippen molar-refractivity contribution in [3.05, 3.63) is 66.1 Å². The fourth-order valence-electron chi connectivity index (χ4n) is 5.37. The predicted octanol–water partition coefficient (Wildman–Crippen LogP) is 4.51. The van der Waals surface area contributed by atoms with Crippen LogP contribution in [0.1, 0.15) is 55.5 Å². The normalized spacial score (nSPS) is 15.8. The summed E-state index contributed by atoms with van der Waals surface area (Å²) >= 11 is 0. The largest absolute Gasteiger partial charge is 0.354 e. The van der Waals surface area contributed by atoms with Crippen LogP contribution in [0, 0.1) is 0 Å². The molecular formula is C26H30N8. The molecule has 0 saturated carbocycles. The van der Waals surface area contributed by atoms with E-state index in [2.05, 4.69) is 74.5 Å². The van der Waals surface area contributed by atoms with Gasteiger partial charge in [0.2, 0.25) is 0 Å². The van der Waals surface area contributed by atoms with Gasteiger partial charge in [-0.3, -0.25) is 14.0 Å². The number of benzene rings is 1. The Kier molecular flexibility index (Phi) is 5.17. The molecule has 0 atom stereocenters. The van der Waals surface area contributed by atoms with Gasteiger partial charge in [-0.2, -0.15) is 5.10 Å². The van der Waals surface area contributed by atoms with Crippen LogP contribution in [-0.4, -0.2) is 52.3 Å². The van der Waals surface area contributed by atoms with Crippen LogP contribution in [0.15, 0.2) is 49.2 Å². The Hall–Kier alpha value is -3.52. The lowest BCUT2D eigenvalue weighted by molar-refractivity contribution is 0.200. The summed E-state index contributed by atoms with van der Waals surface area (Å²) < 4.78 is 3.75. The number of likely N-dealkylation sites (tertiary alicyclic amines) is 1. The SMILES string of the molecule is CC(C)c1c(-c2ccc3nncn3c2)[nH]c2ccc(C3CCN(Cc4ncn(C)n4)CC3)cc12. The Morgan fingerprint density at radius 1 is 1.09 bits per heavy atom. The number of rotatable bonds is 5. The lowest BCUT2D eigenvalue weighted by atomic mass is 9.87. The monoisotopic (exact) mass is 454 g/mol. The molecule has 34 heavy (non-hydrogen) atoms. The Morgan fingerprint density at radius 3 is 2.71 bits per heavy atom. The average Bonchev–Trinajstić information content (AvgIpc) is 3.56. The number of nitrogens with zero attached hydrogens (tertiary/aromatic N) is 7. The van der Waals surface area contributed by atoms with Gasteiger partial charge in [0, 0.05) is 29.7 Å². The molecule has 174 valence electrons. The first-order valence-electron chi connectivity index (χ1n) is 12.1. The maximum absolute atomic E-state index is 4.44. The maximum atomic E-state index is 4.44. The van der Waals surface area contributed by atoms with Crippen molar-refractivity contribution in [1.29, 1.82) is 0 Å². The minimum Gasteiger partial charge on any atom is -0.354 e. The zero-order valence-corrected chi connectivity index (χ0v) is 19.9. The van der Waals surface area contributed by atoms with Crippen molar-refractivity contribution in [2.24, 2.45) is 7.05 Å². The second-order valence-electron chi connectivity index (χ2n) is 9.77. The maximum Gasteiger partial charge on any atom is 0.164 e. The van der Waals surface area contributed by atoms with Crippen LogP contribution in [0.25, 0.3) is 27.8 Å². The van der Waals surface area contributed by atoms with Crippen LogP contribution in [-0.2, 0) is 13.6 Å². The van der Waals surface area contributed by atoms with Crippen LogP contribution < -0.4 is 0 Å². The second-order valence-corrected chi connectivity index (χ2v) is 9.77. The van der Waals surface area contributed by atoms with E-state index in [9.17, 15) is 0 Å². The molecule has 6 rings (SSSR count). The third-order valence-electron chi connectivity index (χ3n) is 7.09. The number of aromatic amines is 1. The molecule has 0 amide bonds. The van der Waals surface area contributed by atoms with E-state index in [0.29, 0.717) is 11.8 Å². The standard InChI is InChI=1S/C26H30N8/c1-17(2)25-21-12-19(18-8-10-33(11-9-18)14-23-27-15-32(3)31-23)4-6-22(21)29-26(25)20-5-7-24-30-28-16-34(24)13-20/h4-7,12-13,15-18,29H,8-11,14H2,1-3H3. The van der Waals surface area contributed by atoms with E-state index in [1.54, 1.807) is 17.3 Å². The van der Waals surface area contributed by atoms with E-state index in [-0.39, 0.29) is 0 Å². The van der Waals surface area contributed by atoms with Crippen molar-refractivity contribution in [2.45, 2.75) is 45.1 Å². The highest BCUT2D eigenvalue weighted by molar-refractivity contribution is 5.92. The summed E-state index contributed by atoms with van der Waals surface area (Å²) in [6, 6.07) is 11.2. The lowest BCUT2D eigenvalue weighted by Crippen LogP contribution is -2.32. The highest BCUT2D eigenvalue weighted by atomic mass is 15.3. The summed E-state index contributed by atoms with van der Waals surface area (Å²) in [4.78, 5) is 10.6. The highest BCUT2D eigenvalue weighted by Crippen LogP contribution is 2.38. The van der Waals surface area contributed by atoms with E-state index in [1.807, 2.05) is 17.5 Å². The molecular weight excluding hydrogens is 424 g/mol. The molecule has 0 bridgehead atoms. The first kappa shape index (κ1) is 21.0. The van der Waals surface area contributed by atoms with Gasteiger partial charge in [-0.25, -0.2) is 4.98 Å². The van der Waals surface area contributed by atoms with Gasteiger partial charge >= 0.3 is 0 Å². The summed E-state index contributed by atoms with van der Waals surface area (Å²) in [6.45, 7) is 7.55. The average molecular weight is 455 g/mol. The molecule has 1 aliphatic rings. The van der Waals surface area contributed by atoms with Gasteiger partial charge in [0.05, 0.1) is 12.2 Å². The molecule has 4 aromatic heterocycles. The molecule has 1 aromatic carbocycles. The molecule has 1 aliphatic heterocycles. The number of piperidine rings is 1. The summed E-state index contributed by atoms with van der Waals surface area (Å²) in [5.41, 5.74) is 7.23. The molecule has 5 aromatic rings. The van der Waals surface area contributed by atoms with Gasteiger partial charge in [0.15, 0.2) is 11.5 Å². The highest BCUT2D eigenvalue weighted by Gasteiger charge is 2.23. The quantitative estimate of drug-likeness (QED) is 0.423. The zero-order chi connectivity index (χ0) is 23.2. The fraction of sp³-hybridized carbons (Fsp3) is 0.385. The van der Waals surface area contributed by atoms with Crippen molar-refractivity contribution in [3.8, 4) is 11.3 Å². The van der Waals surface area contributed by atoms with Gasteiger partial charge in [0.1, 0.15) is 12.7 Å². The summed E-state index contributed by atoms with van der Waals surface area (Å²) in [7, 11) is 1.92. The Bertz CT molecular complexity index is 1450. The van der Waals surface area contributed by atoms with Gasteiger partial charge < -0.3 is 4.98 Å². The molecule has 1 N–H and O–H groups in total. The van der Waals surface area contributed by atoms with Crippen molar-refractivity contribution >= 4 is 16.6 Å². The summed E-state index contributed by atoms with van der Waals surface area (Å²) in [6.07, 6.45) is 7.97. The number of aryl methyl sites for hydroxylation is 1. The summed E-state index contributed by atoms with van der Waals surface area (Å²) in [5.74, 6) is 1.90. The number of fused-ring (bicyclic) bond motifs is 2. The van der Waals surface area contributed by atoms with Gasteiger partial charge in [-0.05, 0) is 73.2 Å².